The molecule has 0 radical (unpaired) electrons. The molecule has 0 aliphatic carbocycles. The molecule has 0 amide bonds. The summed E-state index contributed by atoms with van der Waals surface area (Å²) in [6.07, 6.45) is 0.389. The van der Waals surface area contributed by atoms with Crippen LogP contribution in [0.1, 0.15) is 30.7 Å². The van der Waals surface area contributed by atoms with Gasteiger partial charge in [-0.3, -0.25) is 0 Å². The lowest BCUT2D eigenvalue weighted by atomic mass is 9.96. The average molecular weight is 392 g/mol. The van der Waals surface area contributed by atoms with Gasteiger partial charge in [-0.05, 0) is 63.9 Å². The molecule has 0 aliphatic heterocycles. The average Bonchev–Trinajstić information content (AvgIpc) is 3.17. The zero-order valence-electron chi connectivity index (χ0n) is 15.5. The summed E-state index contributed by atoms with van der Waals surface area (Å²) < 4.78 is 51.8. The topological polar surface area (TPSA) is 85.3 Å². The maximum Gasteiger partial charge on any atom is 0.274 e. The van der Waals surface area contributed by atoms with E-state index in [9.17, 15) is 12.8 Å². The molecule has 3 rings (SSSR count). The molecule has 0 unspecified atom stereocenters. The molecule has 3 aromatic rings. The predicted octanol–water partition coefficient (Wildman–Crippen LogP) is 3.99. The Labute approximate surface area is 157 Å². The van der Waals surface area contributed by atoms with Gasteiger partial charge in [0.05, 0.1) is 5.69 Å². The highest BCUT2D eigenvalue weighted by Crippen LogP contribution is 2.29. The lowest BCUT2D eigenvalue weighted by molar-refractivity contribution is 0.391. The molecule has 0 saturated carbocycles. The lowest BCUT2D eigenvalue weighted by Crippen LogP contribution is -2.44. The van der Waals surface area contributed by atoms with E-state index >= 15 is 0 Å². The van der Waals surface area contributed by atoms with Crippen molar-refractivity contribution in [2.24, 2.45) is 0 Å². The molecule has 2 aromatic heterocycles. The Morgan fingerprint density at radius 3 is 2.37 bits per heavy atom. The number of nitrogens with zero attached hydrogens (tertiary/aromatic N) is 1. The molecule has 8 heteroatoms. The summed E-state index contributed by atoms with van der Waals surface area (Å²) in [4.78, 5) is 0. The Bertz CT molecular complexity index is 1050. The quantitative estimate of drug-likeness (QED) is 0.686. The van der Waals surface area contributed by atoms with Crippen molar-refractivity contribution in [2.45, 2.75) is 44.7 Å². The Kier molecular flexibility index (Phi) is 4.96. The lowest BCUT2D eigenvalue weighted by Gasteiger charge is -2.25. The van der Waals surface area contributed by atoms with E-state index in [1.165, 1.54) is 24.3 Å². The zero-order valence-corrected chi connectivity index (χ0v) is 16.4. The van der Waals surface area contributed by atoms with Crippen molar-refractivity contribution in [3.8, 4) is 11.5 Å². The SMILES string of the molecule is Cc1noc(-c2ccc(S(=O)(=O)NC(C)(C)Cc3ccc(F)cc3)o2)c1C. The Balaban J connectivity index is 1.80. The molecule has 2 heterocycles. The second kappa shape index (κ2) is 6.94. The van der Waals surface area contributed by atoms with Crippen molar-refractivity contribution in [3.05, 3.63) is 59.0 Å². The molecule has 0 spiro atoms. The number of hydrogen-bond acceptors (Lipinski definition) is 5. The number of furan rings is 1. The fourth-order valence-electron chi connectivity index (χ4n) is 2.79. The smallest absolute Gasteiger partial charge is 0.274 e. The normalized spacial score (nSPS) is 12.5. The van der Waals surface area contributed by atoms with Gasteiger partial charge in [-0.15, -0.1) is 0 Å². The molecule has 0 bridgehead atoms. The first kappa shape index (κ1) is 19.3. The minimum atomic E-state index is -3.89. The van der Waals surface area contributed by atoms with Crippen molar-refractivity contribution in [1.82, 2.24) is 9.88 Å². The fourth-order valence-corrected chi connectivity index (χ4v) is 4.14. The Morgan fingerprint density at radius 2 is 1.78 bits per heavy atom. The third kappa shape index (κ3) is 4.28. The van der Waals surface area contributed by atoms with Gasteiger partial charge in [0, 0.05) is 11.1 Å². The van der Waals surface area contributed by atoms with Crippen LogP contribution in [0.25, 0.3) is 11.5 Å². The van der Waals surface area contributed by atoms with Crippen molar-refractivity contribution in [2.75, 3.05) is 0 Å². The number of aryl methyl sites for hydroxylation is 1. The van der Waals surface area contributed by atoms with Crippen LogP contribution in [0.5, 0.6) is 0 Å². The van der Waals surface area contributed by atoms with Gasteiger partial charge < -0.3 is 8.94 Å². The van der Waals surface area contributed by atoms with Crippen LogP contribution in [0.2, 0.25) is 0 Å². The highest BCUT2D eigenvalue weighted by Gasteiger charge is 2.29. The second-order valence-electron chi connectivity index (χ2n) is 7.13. The van der Waals surface area contributed by atoms with Crippen LogP contribution in [0.3, 0.4) is 0 Å². The van der Waals surface area contributed by atoms with Crippen molar-refractivity contribution in [1.29, 1.82) is 0 Å². The third-order valence-electron chi connectivity index (χ3n) is 4.20. The number of aromatic nitrogens is 1. The number of hydrogen-bond donors (Lipinski definition) is 1. The van der Waals surface area contributed by atoms with Gasteiger partial charge in [-0.1, -0.05) is 17.3 Å². The number of rotatable bonds is 6. The Morgan fingerprint density at radius 1 is 1.11 bits per heavy atom. The number of benzene rings is 1. The van der Waals surface area contributed by atoms with Crippen LogP contribution in [0.4, 0.5) is 4.39 Å². The first-order chi connectivity index (χ1) is 12.6. The largest absolute Gasteiger partial charge is 0.440 e. The van der Waals surface area contributed by atoms with Crippen molar-refractivity contribution >= 4 is 10.0 Å². The van der Waals surface area contributed by atoms with Gasteiger partial charge in [-0.25, -0.2) is 17.5 Å². The molecule has 0 fully saturated rings. The highest BCUT2D eigenvalue weighted by atomic mass is 32.2. The van der Waals surface area contributed by atoms with E-state index in [1.807, 2.05) is 6.92 Å². The first-order valence-corrected chi connectivity index (χ1v) is 9.87. The van der Waals surface area contributed by atoms with Crippen LogP contribution in [0.15, 0.2) is 50.4 Å². The van der Waals surface area contributed by atoms with Crippen LogP contribution < -0.4 is 4.72 Å². The molecular weight excluding hydrogens is 371 g/mol. The van der Waals surface area contributed by atoms with E-state index in [0.29, 0.717) is 23.6 Å². The van der Waals surface area contributed by atoms with Gasteiger partial charge in [0.15, 0.2) is 5.76 Å². The van der Waals surface area contributed by atoms with E-state index in [1.54, 1.807) is 32.9 Å². The molecular formula is C19H21FN2O4S. The summed E-state index contributed by atoms with van der Waals surface area (Å²) in [6, 6.07) is 8.87. The molecule has 144 valence electrons. The second-order valence-corrected chi connectivity index (χ2v) is 8.75. The summed E-state index contributed by atoms with van der Waals surface area (Å²) in [5, 5.41) is 3.64. The molecule has 0 atom stereocenters. The number of halogens is 1. The van der Waals surface area contributed by atoms with E-state index in [2.05, 4.69) is 9.88 Å². The van der Waals surface area contributed by atoms with Crippen LogP contribution in [-0.2, 0) is 16.4 Å². The molecule has 27 heavy (non-hydrogen) atoms. The molecule has 6 nitrogen and oxygen atoms in total. The molecule has 1 aromatic carbocycles. The minimum absolute atomic E-state index is 0.210. The van der Waals surface area contributed by atoms with E-state index in [-0.39, 0.29) is 10.9 Å². The van der Waals surface area contributed by atoms with Crippen molar-refractivity contribution in [3.63, 3.8) is 0 Å². The molecule has 1 N–H and O–H groups in total. The predicted molar refractivity (Wildman–Crippen MR) is 98.2 cm³/mol. The summed E-state index contributed by atoms with van der Waals surface area (Å²) >= 11 is 0. The third-order valence-corrected chi connectivity index (χ3v) is 5.77. The van der Waals surface area contributed by atoms with Crippen LogP contribution in [0, 0.1) is 19.7 Å². The van der Waals surface area contributed by atoms with Crippen LogP contribution in [-0.4, -0.2) is 19.1 Å². The van der Waals surface area contributed by atoms with E-state index in [0.717, 1.165) is 11.1 Å². The number of nitrogens with one attached hydrogen (secondary N) is 1. The summed E-state index contributed by atoms with van der Waals surface area (Å²) in [7, 11) is -3.89. The standard InChI is InChI=1S/C19H21FN2O4S/c1-12-13(2)21-26-18(12)16-9-10-17(25-16)27(23,24)22-19(3,4)11-14-5-7-15(20)8-6-14/h5-10,22H,11H2,1-4H3. The van der Waals surface area contributed by atoms with Gasteiger partial charge in [0.2, 0.25) is 10.9 Å². The summed E-state index contributed by atoms with van der Waals surface area (Å²) in [5.41, 5.74) is 1.52. The van der Waals surface area contributed by atoms with E-state index in [4.69, 9.17) is 8.94 Å². The van der Waals surface area contributed by atoms with E-state index < -0.39 is 15.6 Å². The number of sulfonamides is 1. The molecule has 0 aliphatic rings. The monoisotopic (exact) mass is 392 g/mol. The summed E-state index contributed by atoms with van der Waals surface area (Å²) in [6.45, 7) is 7.12. The van der Waals surface area contributed by atoms with Gasteiger partial charge in [-0.2, -0.15) is 0 Å². The Hall–Kier alpha value is -2.45. The van der Waals surface area contributed by atoms with Crippen molar-refractivity contribution < 1.29 is 21.7 Å². The summed E-state index contributed by atoms with van der Waals surface area (Å²) in [5.74, 6) is 0.363. The van der Waals surface area contributed by atoms with Gasteiger partial charge in [0.1, 0.15) is 5.82 Å². The van der Waals surface area contributed by atoms with Crippen LogP contribution >= 0.6 is 0 Å². The maximum atomic E-state index is 13.0. The van der Waals surface area contributed by atoms with Gasteiger partial charge in [0.25, 0.3) is 10.0 Å². The molecule has 0 saturated heterocycles. The minimum Gasteiger partial charge on any atom is -0.440 e. The van der Waals surface area contributed by atoms with Gasteiger partial charge >= 0.3 is 0 Å². The first-order valence-electron chi connectivity index (χ1n) is 8.39. The highest BCUT2D eigenvalue weighted by molar-refractivity contribution is 7.89. The fraction of sp³-hybridized carbons (Fsp3) is 0.316. The maximum absolute atomic E-state index is 13.0. The zero-order chi connectivity index (χ0) is 19.8.